The molecule has 0 aromatic rings. The molecule has 110 valence electrons. The first-order valence-corrected chi connectivity index (χ1v) is 7.88. The van der Waals surface area contributed by atoms with Crippen molar-refractivity contribution in [1.82, 2.24) is 15.1 Å². The van der Waals surface area contributed by atoms with Crippen LogP contribution in [0.15, 0.2) is 0 Å². The van der Waals surface area contributed by atoms with E-state index in [4.69, 9.17) is 0 Å². The number of unbranched alkanes of at least 4 members (excludes halogenated alkanes) is 1. The molecule has 19 heavy (non-hydrogen) atoms. The summed E-state index contributed by atoms with van der Waals surface area (Å²) in [6.45, 7) is 10.7. The van der Waals surface area contributed by atoms with Crippen LogP contribution in [0.3, 0.4) is 0 Å². The molecule has 4 heteroatoms. The molecule has 0 spiro atoms. The number of nitrogens with zero attached hydrogens (tertiary/aromatic N) is 2. The van der Waals surface area contributed by atoms with Gasteiger partial charge in [-0.15, -0.1) is 0 Å². The highest BCUT2D eigenvalue weighted by molar-refractivity contribution is 5.83. The van der Waals surface area contributed by atoms with E-state index in [0.717, 1.165) is 39.0 Å². The number of carbonyl (C=O) groups excluding carboxylic acids is 1. The zero-order valence-corrected chi connectivity index (χ0v) is 12.7. The van der Waals surface area contributed by atoms with Gasteiger partial charge in [-0.3, -0.25) is 10.1 Å². The van der Waals surface area contributed by atoms with E-state index in [1.54, 1.807) is 0 Å². The molecule has 0 aromatic carbocycles. The van der Waals surface area contributed by atoms with Crippen LogP contribution in [0, 0.1) is 5.92 Å². The van der Waals surface area contributed by atoms with Crippen molar-refractivity contribution < 1.29 is 4.79 Å². The summed E-state index contributed by atoms with van der Waals surface area (Å²) in [6, 6.07) is 0.720. The lowest BCUT2D eigenvalue weighted by Crippen LogP contribution is -2.35. The minimum atomic E-state index is 0.0857. The number of rotatable bonds is 6. The van der Waals surface area contributed by atoms with Crippen LogP contribution in [0.5, 0.6) is 0 Å². The maximum atomic E-state index is 12.3. The van der Waals surface area contributed by atoms with Crippen molar-refractivity contribution in [3.63, 3.8) is 0 Å². The fraction of sp³-hybridized carbons (Fsp3) is 0.933. The predicted octanol–water partition coefficient (Wildman–Crippen LogP) is 1.66. The van der Waals surface area contributed by atoms with Gasteiger partial charge in [0, 0.05) is 19.1 Å². The van der Waals surface area contributed by atoms with E-state index in [9.17, 15) is 4.79 Å². The third-order valence-corrected chi connectivity index (χ3v) is 4.51. The Hall–Kier alpha value is -0.610. The van der Waals surface area contributed by atoms with Gasteiger partial charge in [-0.25, -0.2) is 0 Å². The van der Waals surface area contributed by atoms with Crippen LogP contribution in [-0.2, 0) is 4.79 Å². The van der Waals surface area contributed by atoms with E-state index in [1.807, 2.05) is 4.90 Å². The quantitative estimate of drug-likeness (QED) is 0.795. The standard InChI is InChI=1S/C15H29N3O/c1-4-5-6-14-15(19)18(11-16-14)10-13-7-8-17(9-13)12(2)3/h12-14,16H,4-11H2,1-3H3. The summed E-state index contributed by atoms with van der Waals surface area (Å²) in [5, 5.41) is 3.36. The third-order valence-electron chi connectivity index (χ3n) is 4.51. The molecular weight excluding hydrogens is 238 g/mol. The second-order valence-electron chi connectivity index (χ2n) is 6.36. The van der Waals surface area contributed by atoms with Gasteiger partial charge in [0.15, 0.2) is 0 Å². The summed E-state index contributed by atoms with van der Waals surface area (Å²) < 4.78 is 0. The van der Waals surface area contributed by atoms with Crippen molar-refractivity contribution >= 4 is 5.91 Å². The average molecular weight is 267 g/mol. The van der Waals surface area contributed by atoms with Crippen molar-refractivity contribution in [3.05, 3.63) is 0 Å². The molecule has 1 amide bonds. The van der Waals surface area contributed by atoms with E-state index in [-0.39, 0.29) is 6.04 Å². The average Bonchev–Trinajstić information content (AvgIpc) is 2.97. The molecule has 0 radical (unpaired) electrons. The Morgan fingerprint density at radius 3 is 2.84 bits per heavy atom. The largest absolute Gasteiger partial charge is 0.328 e. The van der Waals surface area contributed by atoms with Crippen molar-refractivity contribution in [2.45, 2.75) is 58.5 Å². The number of carbonyl (C=O) groups is 1. The molecular formula is C15H29N3O. The Labute approximate surface area is 117 Å². The molecule has 4 nitrogen and oxygen atoms in total. The van der Waals surface area contributed by atoms with E-state index < -0.39 is 0 Å². The van der Waals surface area contributed by atoms with Gasteiger partial charge in [0.25, 0.3) is 0 Å². The number of amides is 1. The molecule has 1 N–H and O–H groups in total. The van der Waals surface area contributed by atoms with Gasteiger partial charge in [0.1, 0.15) is 0 Å². The Morgan fingerprint density at radius 1 is 1.42 bits per heavy atom. The highest BCUT2D eigenvalue weighted by Gasteiger charge is 2.33. The summed E-state index contributed by atoms with van der Waals surface area (Å²) in [5.74, 6) is 0.995. The molecule has 0 aromatic heterocycles. The fourth-order valence-corrected chi connectivity index (χ4v) is 3.19. The van der Waals surface area contributed by atoms with Crippen LogP contribution < -0.4 is 5.32 Å². The Kier molecular flexibility index (Phi) is 5.22. The SMILES string of the molecule is CCCCC1NCN(CC2CCN(C(C)C)C2)C1=O. The lowest BCUT2D eigenvalue weighted by atomic mass is 10.1. The molecule has 2 fully saturated rings. The summed E-state index contributed by atoms with van der Waals surface area (Å²) >= 11 is 0. The lowest BCUT2D eigenvalue weighted by Gasteiger charge is -2.22. The van der Waals surface area contributed by atoms with E-state index >= 15 is 0 Å². The number of hydrogen-bond acceptors (Lipinski definition) is 3. The highest BCUT2D eigenvalue weighted by Crippen LogP contribution is 2.21. The number of likely N-dealkylation sites (tertiary alicyclic amines) is 1. The van der Waals surface area contributed by atoms with E-state index in [2.05, 4.69) is 31.0 Å². The van der Waals surface area contributed by atoms with Gasteiger partial charge in [-0.2, -0.15) is 0 Å². The maximum absolute atomic E-state index is 12.3. The van der Waals surface area contributed by atoms with E-state index in [1.165, 1.54) is 13.0 Å². The first-order chi connectivity index (χ1) is 9.11. The molecule has 2 atom stereocenters. The first-order valence-electron chi connectivity index (χ1n) is 7.88. The molecule has 0 bridgehead atoms. The number of nitrogens with one attached hydrogen (secondary N) is 1. The summed E-state index contributed by atoms with van der Waals surface area (Å²) in [5.41, 5.74) is 0. The summed E-state index contributed by atoms with van der Waals surface area (Å²) in [6.07, 6.45) is 4.54. The normalized spacial score (nSPS) is 28.8. The van der Waals surface area contributed by atoms with Crippen LogP contribution in [0.1, 0.15) is 46.5 Å². The van der Waals surface area contributed by atoms with Gasteiger partial charge in [0.05, 0.1) is 12.7 Å². The topological polar surface area (TPSA) is 35.6 Å². The van der Waals surface area contributed by atoms with Crippen LogP contribution in [0.4, 0.5) is 0 Å². The van der Waals surface area contributed by atoms with Crippen LogP contribution in [0.2, 0.25) is 0 Å². The van der Waals surface area contributed by atoms with Crippen molar-refractivity contribution in [2.75, 3.05) is 26.3 Å². The van der Waals surface area contributed by atoms with Crippen molar-refractivity contribution in [2.24, 2.45) is 5.92 Å². The highest BCUT2D eigenvalue weighted by atomic mass is 16.2. The molecule has 2 heterocycles. The van der Waals surface area contributed by atoms with Gasteiger partial charge < -0.3 is 9.80 Å². The zero-order valence-electron chi connectivity index (χ0n) is 12.7. The van der Waals surface area contributed by atoms with Crippen molar-refractivity contribution in [1.29, 1.82) is 0 Å². The van der Waals surface area contributed by atoms with Gasteiger partial charge in [-0.1, -0.05) is 19.8 Å². The molecule has 0 aliphatic carbocycles. The summed E-state index contributed by atoms with van der Waals surface area (Å²) in [4.78, 5) is 16.8. The Bertz CT molecular complexity index is 306. The van der Waals surface area contributed by atoms with Gasteiger partial charge in [-0.05, 0) is 39.2 Å². The lowest BCUT2D eigenvalue weighted by molar-refractivity contribution is -0.129. The molecule has 2 saturated heterocycles. The molecule has 2 unspecified atom stereocenters. The van der Waals surface area contributed by atoms with Crippen LogP contribution in [0.25, 0.3) is 0 Å². The molecule has 0 saturated carbocycles. The molecule has 2 rings (SSSR count). The minimum Gasteiger partial charge on any atom is -0.328 e. The fourth-order valence-electron chi connectivity index (χ4n) is 3.19. The van der Waals surface area contributed by atoms with Crippen molar-refractivity contribution in [3.8, 4) is 0 Å². The van der Waals surface area contributed by atoms with Crippen LogP contribution in [-0.4, -0.2) is 54.1 Å². The first kappa shape index (κ1) is 14.8. The molecule has 2 aliphatic rings. The zero-order chi connectivity index (χ0) is 13.8. The van der Waals surface area contributed by atoms with Gasteiger partial charge >= 0.3 is 0 Å². The van der Waals surface area contributed by atoms with Gasteiger partial charge in [0.2, 0.25) is 5.91 Å². The maximum Gasteiger partial charge on any atom is 0.240 e. The smallest absolute Gasteiger partial charge is 0.240 e. The second-order valence-corrected chi connectivity index (χ2v) is 6.36. The van der Waals surface area contributed by atoms with Crippen LogP contribution >= 0.6 is 0 Å². The monoisotopic (exact) mass is 267 g/mol. The predicted molar refractivity (Wildman–Crippen MR) is 77.8 cm³/mol. The second kappa shape index (κ2) is 6.71. The molecule has 2 aliphatic heterocycles. The Morgan fingerprint density at radius 2 is 2.21 bits per heavy atom. The van der Waals surface area contributed by atoms with E-state index in [0.29, 0.717) is 17.9 Å². The number of hydrogen-bond donors (Lipinski definition) is 1. The third kappa shape index (κ3) is 3.69. The minimum absolute atomic E-state index is 0.0857. The summed E-state index contributed by atoms with van der Waals surface area (Å²) in [7, 11) is 0. The Balaban J connectivity index is 1.77.